The minimum Gasteiger partial charge on any atom is -0.484 e. The molecule has 0 N–H and O–H groups in total. The number of carbonyl (C=O) groups is 1. The van der Waals surface area contributed by atoms with Crippen molar-refractivity contribution in [2.24, 2.45) is 0 Å². The van der Waals surface area contributed by atoms with Gasteiger partial charge in [0.1, 0.15) is 23.2 Å². The van der Waals surface area contributed by atoms with Crippen LogP contribution in [0.25, 0.3) is 0 Å². The van der Waals surface area contributed by atoms with Crippen LogP contribution in [0.2, 0.25) is 0 Å². The zero-order valence-corrected chi connectivity index (χ0v) is 16.5. The van der Waals surface area contributed by atoms with Crippen LogP contribution in [0.15, 0.2) is 42.7 Å². The lowest BCUT2D eigenvalue weighted by atomic mass is 9.88. The van der Waals surface area contributed by atoms with E-state index in [2.05, 4.69) is 9.97 Å². The molecule has 2 fully saturated rings. The fourth-order valence-corrected chi connectivity index (χ4v) is 3.96. The maximum Gasteiger partial charge on any atom is 0.260 e. The molecule has 0 saturated carbocycles. The smallest absolute Gasteiger partial charge is 0.260 e. The van der Waals surface area contributed by atoms with Gasteiger partial charge in [0.15, 0.2) is 12.3 Å². The van der Waals surface area contributed by atoms with E-state index < -0.39 is 11.2 Å². The first-order valence-electron chi connectivity index (χ1n) is 9.51. The number of para-hydroxylation sites is 1. The zero-order valence-electron chi connectivity index (χ0n) is 16.5. The second-order valence-corrected chi connectivity index (χ2v) is 8.12. The number of ether oxygens (including phenoxy) is 2. The molecule has 150 valence electrons. The summed E-state index contributed by atoms with van der Waals surface area (Å²) in [5.41, 5.74) is -0.614. The highest BCUT2D eigenvalue weighted by atomic mass is 16.5. The van der Waals surface area contributed by atoms with Crippen LogP contribution in [0.3, 0.4) is 0 Å². The van der Waals surface area contributed by atoms with Crippen LogP contribution in [0.1, 0.15) is 19.5 Å². The van der Waals surface area contributed by atoms with Gasteiger partial charge >= 0.3 is 0 Å². The molecule has 1 aromatic heterocycles. The van der Waals surface area contributed by atoms with Crippen molar-refractivity contribution in [3.05, 3.63) is 48.4 Å². The Morgan fingerprint density at radius 2 is 1.93 bits per heavy atom. The minimum absolute atomic E-state index is 0.000977. The van der Waals surface area contributed by atoms with Crippen LogP contribution in [0.4, 0.5) is 5.82 Å². The summed E-state index contributed by atoms with van der Waals surface area (Å²) in [6.07, 6.45) is 3.05. The lowest BCUT2D eigenvalue weighted by Crippen LogP contribution is -2.74. The molecule has 2 aliphatic heterocycles. The molecule has 2 aromatic rings. The number of benzene rings is 1. The van der Waals surface area contributed by atoms with E-state index in [4.69, 9.17) is 14.7 Å². The average molecular weight is 393 g/mol. The number of hydrogen-bond donors (Lipinski definition) is 0. The van der Waals surface area contributed by atoms with E-state index in [0.717, 1.165) is 0 Å². The van der Waals surface area contributed by atoms with Crippen molar-refractivity contribution in [3.8, 4) is 11.8 Å². The van der Waals surface area contributed by atoms with Crippen LogP contribution in [-0.2, 0) is 9.53 Å². The van der Waals surface area contributed by atoms with Crippen LogP contribution in [0.5, 0.6) is 5.75 Å². The average Bonchev–Trinajstić information content (AvgIpc) is 2.70. The molecular formula is C21H23N5O3. The summed E-state index contributed by atoms with van der Waals surface area (Å²) in [4.78, 5) is 25.0. The molecule has 8 heteroatoms. The van der Waals surface area contributed by atoms with E-state index in [1.54, 1.807) is 6.20 Å². The van der Waals surface area contributed by atoms with Gasteiger partial charge in [-0.15, -0.1) is 0 Å². The van der Waals surface area contributed by atoms with Crippen molar-refractivity contribution in [1.82, 2.24) is 14.9 Å². The van der Waals surface area contributed by atoms with Crippen molar-refractivity contribution >= 4 is 11.7 Å². The van der Waals surface area contributed by atoms with Gasteiger partial charge in [0.05, 0.1) is 37.6 Å². The molecule has 4 rings (SSSR count). The molecule has 1 amide bonds. The number of rotatable bonds is 4. The number of amides is 1. The van der Waals surface area contributed by atoms with Gasteiger partial charge in [-0.05, 0) is 26.0 Å². The summed E-state index contributed by atoms with van der Waals surface area (Å²) in [5.74, 6) is 1.32. The van der Waals surface area contributed by atoms with Crippen molar-refractivity contribution in [2.75, 3.05) is 37.7 Å². The van der Waals surface area contributed by atoms with Crippen LogP contribution < -0.4 is 9.64 Å². The van der Waals surface area contributed by atoms with E-state index in [1.807, 2.05) is 60.0 Å². The summed E-state index contributed by atoms with van der Waals surface area (Å²) < 4.78 is 12.0. The fraction of sp³-hybridized carbons (Fsp3) is 0.429. The number of nitrogens with zero attached hydrogens (tertiary/aromatic N) is 5. The van der Waals surface area contributed by atoms with E-state index in [-0.39, 0.29) is 18.2 Å². The summed E-state index contributed by atoms with van der Waals surface area (Å²) >= 11 is 0. The van der Waals surface area contributed by atoms with E-state index in [0.29, 0.717) is 37.7 Å². The highest BCUT2D eigenvalue weighted by Crippen LogP contribution is 2.37. The number of nitriles is 1. The SMILES string of the molecule is CC1(C)CN(C(=O)COc2ccccc2)CC2(CN(c3cnc(C#N)cn3)C2)O1. The Balaban J connectivity index is 1.40. The topological polar surface area (TPSA) is 91.6 Å². The normalized spacial score (nSPS) is 19.3. The Morgan fingerprint density at radius 1 is 1.17 bits per heavy atom. The first kappa shape index (κ1) is 19.2. The van der Waals surface area contributed by atoms with Crippen molar-refractivity contribution in [3.63, 3.8) is 0 Å². The largest absolute Gasteiger partial charge is 0.484 e. The van der Waals surface area contributed by atoms with E-state index in [1.165, 1.54) is 6.20 Å². The quantitative estimate of drug-likeness (QED) is 0.779. The number of aromatic nitrogens is 2. The molecule has 2 aliphatic rings. The third-order valence-corrected chi connectivity index (χ3v) is 5.04. The Morgan fingerprint density at radius 3 is 2.59 bits per heavy atom. The molecule has 0 unspecified atom stereocenters. The molecule has 1 spiro atoms. The highest BCUT2D eigenvalue weighted by Gasteiger charge is 2.53. The van der Waals surface area contributed by atoms with Gasteiger partial charge in [0.2, 0.25) is 0 Å². The van der Waals surface area contributed by atoms with Crippen LogP contribution in [0, 0.1) is 11.3 Å². The first-order valence-corrected chi connectivity index (χ1v) is 9.51. The lowest BCUT2D eigenvalue weighted by Gasteiger charge is -2.58. The molecular weight excluding hydrogens is 370 g/mol. The van der Waals surface area contributed by atoms with E-state index in [9.17, 15) is 4.79 Å². The van der Waals surface area contributed by atoms with Crippen molar-refractivity contribution in [1.29, 1.82) is 5.26 Å². The third kappa shape index (κ3) is 4.15. The van der Waals surface area contributed by atoms with Gasteiger partial charge in [-0.3, -0.25) is 4.79 Å². The monoisotopic (exact) mass is 393 g/mol. The third-order valence-electron chi connectivity index (χ3n) is 5.04. The fourth-order valence-electron chi connectivity index (χ4n) is 3.96. The van der Waals surface area contributed by atoms with Gasteiger partial charge in [-0.1, -0.05) is 18.2 Å². The molecule has 0 atom stereocenters. The van der Waals surface area contributed by atoms with E-state index >= 15 is 0 Å². The standard InChI is InChI=1S/C21H23N5O3/c1-20(2)12-26(19(27)11-28-17-6-4-3-5-7-17)15-21(29-20)13-25(14-21)18-10-23-16(8-22)9-24-18/h3-7,9-10H,11-15H2,1-2H3. The Labute approximate surface area is 169 Å². The second kappa shape index (κ2) is 7.33. The van der Waals surface area contributed by atoms with Crippen molar-refractivity contribution in [2.45, 2.75) is 25.0 Å². The molecule has 29 heavy (non-hydrogen) atoms. The Hall–Kier alpha value is -3.18. The Kier molecular flexibility index (Phi) is 4.84. The maximum atomic E-state index is 12.8. The van der Waals surface area contributed by atoms with Gasteiger partial charge in [-0.2, -0.15) is 5.26 Å². The molecule has 0 bridgehead atoms. The molecule has 8 nitrogen and oxygen atoms in total. The van der Waals surface area contributed by atoms with Gasteiger partial charge in [0.25, 0.3) is 5.91 Å². The predicted octanol–water partition coefficient (Wildman–Crippen LogP) is 1.62. The summed E-state index contributed by atoms with van der Waals surface area (Å²) in [7, 11) is 0. The first-order chi connectivity index (χ1) is 13.9. The Bertz CT molecular complexity index is 918. The maximum absolute atomic E-state index is 12.8. The van der Waals surface area contributed by atoms with Gasteiger partial charge in [0, 0.05) is 6.54 Å². The van der Waals surface area contributed by atoms with Crippen LogP contribution >= 0.6 is 0 Å². The predicted molar refractivity (Wildman–Crippen MR) is 105 cm³/mol. The summed E-state index contributed by atoms with van der Waals surface area (Å²) in [6.45, 7) is 6.24. The molecule has 3 heterocycles. The number of morpholine rings is 1. The van der Waals surface area contributed by atoms with Crippen LogP contribution in [-0.4, -0.2) is 64.8 Å². The second-order valence-electron chi connectivity index (χ2n) is 8.12. The summed E-state index contributed by atoms with van der Waals surface area (Å²) in [6, 6.07) is 11.3. The highest BCUT2D eigenvalue weighted by molar-refractivity contribution is 5.78. The molecule has 0 aliphatic carbocycles. The number of carbonyl (C=O) groups excluding carboxylic acids is 1. The van der Waals surface area contributed by atoms with Crippen molar-refractivity contribution < 1.29 is 14.3 Å². The number of hydrogen-bond acceptors (Lipinski definition) is 7. The zero-order chi connectivity index (χ0) is 20.5. The van der Waals surface area contributed by atoms with Gasteiger partial charge < -0.3 is 19.3 Å². The molecule has 0 radical (unpaired) electrons. The minimum atomic E-state index is -0.455. The molecule has 1 aromatic carbocycles. The number of anilines is 1. The van der Waals surface area contributed by atoms with Gasteiger partial charge in [-0.25, -0.2) is 9.97 Å². The lowest BCUT2D eigenvalue weighted by molar-refractivity contribution is -0.209. The molecule has 2 saturated heterocycles. The summed E-state index contributed by atoms with van der Waals surface area (Å²) in [5, 5.41) is 8.86.